The van der Waals surface area contributed by atoms with Gasteiger partial charge in [-0.15, -0.1) is 0 Å². The van der Waals surface area contributed by atoms with Gasteiger partial charge in [-0.2, -0.15) is 0 Å². The van der Waals surface area contributed by atoms with Crippen LogP contribution in [0.4, 0.5) is 5.82 Å². The van der Waals surface area contributed by atoms with Crippen molar-refractivity contribution in [3.63, 3.8) is 0 Å². The van der Waals surface area contributed by atoms with E-state index in [0.29, 0.717) is 11.6 Å². The highest BCUT2D eigenvalue weighted by Gasteiger charge is 2.64. The van der Waals surface area contributed by atoms with Gasteiger partial charge < -0.3 is 29.2 Å². The third kappa shape index (κ3) is 3.67. The van der Waals surface area contributed by atoms with Gasteiger partial charge in [0.05, 0.1) is 15.7 Å². The number of hydrogen-bond donors (Lipinski definition) is 1. The highest BCUT2D eigenvalue weighted by molar-refractivity contribution is 9.10. The van der Waals surface area contributed by atoms with Crippen molar-refractivity contribution in [2.24, 2.45) is 0 Å². The Morgan fingerprint density at radius 3 is 2.83 bits per heavy atom. The van der Waals surface area contributed by atoms with Gasteiger partial charge in [0.25, 0.3) is 0 Å². The van der Waals surface area contributed by atoms with Crippen LogP contribution in [-0.4, -0.2) is 49.7 Å². The second kappa shape index (κ2) is 7.86. The van der Waals surface area contributed by atoms with Gasteiger partial charge in [0.2, 0.25) is 0 Å². The maximum absolute atomic E-state index is 6.55. The minimum atomic E-state index is -0.759. The molecule has 2 aliphatic rings. The summed E-state index contributed by atoms with van der Waals surface area (Å²) in [4.78, 5) is 13.3. The van der Waals surface area contributed by atoms with Crippen molar-refractivity contribution in [3.05, 3.63) is 53.0 Å². The average molecular weight is 540 g/mol. The molecule has 35 heavy (non-hydrogen) atoms. The Hall–Kier alpha value is -2.79. The van der Waals surface area contributed by atoms with Crippen molar-refractivity contribution in [2.45, 2.75) is 57.5 Å². The van der Waals surface area contributed by atoms with E-state index in [9.17, 15) is 0 Å². The van der Waals surface area contributed by atoms with E-state index in [2.05, 4.69) is 30.9 Å². The molecule has 5 heterocycles. The molecule has 0 saturated carbocycles. The van der Waals surface area contributed by atoms with E-state index in [0.717, 1.165) is 32.1 Å². The Labute approximate surface area is 210 Å². The molecule has 0 bridgehead atoms. The summed E-state index contributed by atoms with van der Waals surface area (Å²) in [6, 6.07) is 9.68. The van der Waals surface area contributed by atoms with Crippen LogP contribution in [0.25, 0.3) is 21.9 Å². The zero-order valence-corrected chi connectivity index (χ0v) is 21.4. The van der Waals surface area contributed by atoms with Crippen LogP contribution in [0.2, 0.25) is 0 Å². The first-order valence-corrected chi connectivity index (χ1v) is 12.2. The van der Waals surface area contributed by atoms with Gasteiger partial charge in [-0.25, -0.2) is 15.0 Å². The molecule has 2 aliphatic heterocycles. The third-order valence-corrected chi connectivity index (χ3v) is 7.43. The molecule has 0 aliphatic carbocycles. The molecule has 1 aromatic carbocycles. The molecular formula is C25H26BrN5O4. The molecule has 2 saturated heterocycles. The monoisotopic (exact) mass is 539 g/mol. The highest BCUT2D eigenvalue weighted by atomic mass is 79.9. The molecule has 6 rings (SSSR count). The average Bonchev–Trinajstić information content (AvgIpc) is 3.41. The fourth-order valence-electron chi connectivity index (χ4n) is 5.12. The van der Waals surface area contributed by atoms with Crippen LogP contribution in [0.3, 0.4) is 0 Å². The second-order valence-electron chi connectivity index (χ2n) is 9.68. The maximum Gasteiger partial charge on any atom is 0.165 e. The Balaban J connectivity index is 1.30. The van der Waals surface area contributed by atoms with Crippen LogP contribution in [0.5, 0.6) is 5.75 Å². The summed E-state index contributed by atoms with van der Waals surface area (Å²) >= 11 is 3.42. The number of pyridine rings is 1. The number of halogens is 1. The second-order valence-corrected chi connectivity index (χ2v) is 10.5. The Morgan fingerprint density at radius 2 is 2.00 bits per heavy atom. The first-order chi connectivity index (χ1) is 16.6. The summed E-state index contributed by atoms with van der Waals surface area (Å²) in [5.41, 5.74) is 7.70. The summed E-state index contributed by atoms with van der Waals surface area (Å²) in [5, 5.41) is 1.94. The lowest BCUT2D eigenvalue weighted by atomic mass is 9.95. The van der Waals surface area contributed by atoms with Crippen molar-refractivity contribution in [1.82, 2.24) is 19.5 Å². The SMILES string of the molecule is Cc1ncnc2c1ccn2[C@@H]1O[C@H](COc2ccc3cc(Br)c(N)nc3c2)[C@@]2(C)OC(C)(C)O[C@@H]12. The van der Waals surface area contributed by atoms with Crippen LogP contribution in [0, 0.1) is 6.92 Å². The van der Waals surface area contributed by atoms with E-state index in [-0.39, 0.29) is 12.7 Å². The Morgan fingerprint density at radius 1 is 1.17 bits per heavy atom. The molecule has 0 radical (unpaired) electrons. The maximum atomic E-state index is 6.55. The lowest BCUT2D eigenvalue weighted by molar-refractivity contribution is -0.213. The first kappa shape index (κ1) is 22.7. The number of rotatable bonds is 4. The topological polar surface area (TPSA) is 107 Å². The number of aromatic nitrogens is 4. The molecule has 10 heteroatoms. The van der Waals surface area contributed by atoms with E-state index < -0.39 is 23.7 Å². The van der Waals surface area contributed by atoms with E-state index in [1.165, 1.54) is 0 Å². The minimum Gasteiger partial charge on any atom is -0.491 e. The number of anilines is 1. The molecule has 2 N–H and O–H groups in total. The number of nitrogen functional groups attached to an aromatic ring is 1. The largest absolute Gasteiger partial charge is 0.491 e. The van der Waals surface area contributed by atoms with Gasteiger partial charge in [-0.1, -0.05) is 0 Å². The van der Waals surface area contributed by atoms with E-state index in [1.54, 1.807) is 6.33 Å². The van der Waals surface area contributed by atoms with Gasteiger partial charge >= 0.3 is 0 Å². The Kier molecular flexibility index (Phi) is 5.09. The predicted octanol–water partition coefficient (Wildman–Crippen LogP) is 4.52. The van der Waals surface area contributed by atoms with Crippen molar-refractivity contribution in [2.75, 3.05) is 12.3 Å². The molecule has 2 fully saturated rings. The summed E-state index contributed by atoms with van der Waals surface area (Å²) in [6.07, 6.45) is 2.36. The van der Waals surface area contributed by atoms with Gasteiger partial charge in [-0.05, 0) is 67.9 Å². The van der Waals surface area contributed by atoms with Gasteiger partial charge in [-0.3, -0.25) is 0 Å². The number of hydrogen-bond acceptors (Lipinski definition) is 8. The molecule has 4 aromatic rings. The minimum absolute atomic E-state index is 0.271. The zero-order valence-electron chi connectivity index (χ0n) is 19.9. The highest BCUT2D eigenvalue weighted by Crippen LogP contribution is 2.50. The molecule has 0 spiro atoms. The van der Waals surface area contributed by atoms with E-state index in [1.807, 2.05) is 68.8 Å². The Bertz CT molecular complexity index is 1460. The van der Waals surface area contributed by atoms with E-state index in [4.69, 9.17) is 24.7 Å². The summed E-state index contributed by atoms with van der Waals surface area (Å²) in [7, 11) is 0. The number of aryl methyl sites for hydroxylation is 1. The molecular weight excluding hydrogens is 514 g/mol. The standard InChI is InChI=1S/C25H26BrN5O4/c1-13-16-7-8-31(22(16)29-12-28-13)23-20-25(4,35-24(2,3)34-20)19(33-23)11-32-15-6-5-14-9-17(26)21(27)30-18(14)10-15/h5-10,12,19-20,23H,11H2,1-4H3,(H2,27,30)/t19-,20+,23-,25-/m1/s1. The lowest BCUT2D eigenvalue weighted by Crippen LogP contribution is -2.46. The number of nitrogens with two attached hydrogens (primary N) is 1. The molecule has 4 atom stereocenters. The predicted molar refractivity (Wildman–Crippen MR) is 134 cm³/mol. The van der Waals surface area contributed by atoms with Crippen molar-refractivity contribution in [3.8, 4) is 5.75 Å². The number of benzene rings is 1. The van der Waals surface area contributed by atoms with Gasteiger partial charge in [0.1, 0.15) is 48.0 Å². The summed E-state index contributed by atoms with van der Waals surface area (Å²) < 4.78 is 28.3. The van der Waals surface area contributed by atoms with Crippen molar-refractivity contribution >= 4 is 43.7 Å². The van der Waals surface area contributed by atoms with Crippen molar-refractivity contribution < 1.29 is 18.9 Å². The quantitative estimate of drug-likeness (QED) is 0.403. The summed E-state index contributed by atoms with van der Waals surface area (Å²) in [5.74, 6) is 0.348. The van der Waals surface area contributed by atoms with Crippen LogP contribution >= 0.6 is 15.9 Å². The molecule has 9 nitrogen and oxygen atoms in total. The fraction of sp³-hybridized carbons (Fsp3) is 0.400. The van der Waals surface area contributed by atoms with Gasteiger partial charge in [0.15, 0.2) is 12.0 Å². The first-order valence-electron chi connectivity index (χ1n) is 11.4. The lowest BCUT2D eigenvalue weighted by Gasteiger charge is -2.29. The molecule has 0 amide bonds. The third-order valence-electron chi connectivity index (χ3n) is 6.80. The van der Waals surface area contributed by atoms with Gasteiger partial charge in [0, 0.05) is 23.0 Å². The van der Waals surface area contributed by atoms with Crippen LogP contribution < -0.4 is 10.5 Å². The zero-order chi connectivity index (χ0) is 24.5. The molecule has 0 unspecified atom stereocenters. The fourth-order valence-corrected chi connectivity index (χ4v) is 5.45. The smallest absolute Gasteiger partial charge is 0.165 e. The van der Waals surface area contributed by atoms with Crippen LogP contribution in [0.1, 0.15) is 32.7 Å². The molecule has 3 aromatic heterocycles. The van der Waals surface area contributed by atoms with Crippen LogP contribution in [0.15, 0.2) is 47.3 Å². The van der Waals surface area contributed by atoms with Crippen molar-refractivity contribution in [1.29, 1.82) is 0 Å². The summed E-state index contributed by atoms with van der Waals surface area (Å²) in [6.45, 7) is 8.10. The molecule has 182 valence electrons. The number of fused-ring (bicyclic) bond motifs is 3. The number of ether oxygens (including phenoxy) is 4. The number of nitrogens with zero attached hydrogens (tertiary/aromatic N) is 4. The normalized spacial score (nSPS) is 27.5. The van der Waals surface area contributed by atoms with E-state index >= 15 is 0 Å². The van der Waals surface area contributed by atoms with Crippen LogP contribution in [-0.2, 0) is 14.2 Å².